The Kier molecular flexibility index (Phi) is 9.47. The molecule has 1 nitrogen and oxygen atoms in total. The first kappa shape index (κ1) is 16.7. The summed E-state index contributed by atoms with van der Waals surface area (Å²) in [7, 11) is -1.15. The Balaban J connectivity index is 4.05. The van der Waals surface area contributed by atoms with Crippen LogP contribution in [0.2, 0.25) is 19.6 Å². The third-order valence-electron chi connectivity index (χ3n) is 2.59. The Morgan fingerprint density at radius 2 is 1.82 bits per heavy atom. The van der Waals surface area contributed by atoms with Crippen LogP contribution in [0.15, 0.2) is 23.4 Å². The number of aliphatic hydroxyl groups excluding tert-OH is 1. The van der Waals surface area contributed by atoms with E-state index in [0.717, 1.165) is 12.8 Å². The molecule has 0 radical (unpaired) electrons. The second-order valence-corrected chi connectivity index (χ2v) is 10.8. The summed E-state index contributed by atoms with van der Waals surface area (Å²) in [4.78, 5) is 0. The van der Waals surface area contributed by atoms with E-state index in [-0.39, 0.29) is 6.61 Å². The fraction of sp³-hybridized carbons (Fsp3) is 0.733. The van der Waals surface area contributed by atoms with Gasteiger partial charge < -0.3 is 5.11 Å². The summed E-state index contributed by atoms with van der Waals surface area (Å²) >= 11 is 0. The van der Waals surface area contributed by atoms with Gasteiger partial charge in [-0.05, 0) is 25.7 Å². The van der Waals surface area contributed by atoms with Crippen molar-refractivity contribution in [1.82, 2.24) is 0 Å². The van der Waals surface area contributed by atoms with Gasteiger partial charge in [0.1, 0.15) is 0 Å². The molecule has 0 rings (SSSR count). The number of hydrogen-bond acceptors (Lipinski definition) is 1. The van der Waals surface area contributed by atoms with Crippen LogP contribution in [0.25, 0.3) is 0 Å². The topological polar surface area (TPSA) is 20.2 Å². The van der Waals surface area contributed by atoms with Crippen molar-refractivity contribution >= 4 is 8.07 Å². The van der Waals surface area contributed by atoms with Crippen LogP contribution in [0.5, 0.6) is 0 Å². The van der Waals surface area contributed by atoms with Gasteiger partial charge in [-0.25, -0.2) is 0 Å². The van der Waals surface area contributed by atoms with Crippen molar-refractivity contribution in [3.8, 4) is 0 Å². The molecular weight excluding hydrogens is 224 g/mol. The van der Waals surface area contributed by atoms with Gasteiger partial charge in [0.25, 0.3) is 0 Å². The largest absolute Gasteiger partial charge is 0.396 e. The van der Waals surface area contributed by atoms with Crippen molar-refractivity contribution < 1.29 is 5.11 Å². The number of allylic oxidation sites excluding steroid dienone is 2. The van der Waals surface area contributed by atoms with Crippen LogP contribution >= 0.6 is 0 Å². The van der Waals surface area contributed by atoms with Gasteiger partial charge in [0.05, 0.1) is 8.07 Å². The summed E-state index contributed by atoms with van der Waals surface area (Å²) in [6.45, 7) is 9.54. The van der Waals surface area contributed by atoms with Crippen molar-refractivity contribution in [3.63, 3.8) is 0 Å². The van der Waals surface area contributed by atoms with Crippen molar-refractivity contribution in [2.75, 3.05) is 6.61 Å². The summed E-state index contributed by atoms with van der Waals surface area (Å²) < 4.78 is 0. The molecular formula is C15H30OSi. The number of unbranched alkanes of at least 4 members (excludes halogenated alkanes) is 3. The molecule has 0 aliphatic heterocycles. The first-order valence-corrected chi connectivity index (χ1v) is 10.5. The third kappa shape index (κ3) is 11.9. The fourth-order valence-electron chi connectivity index (χ4n) is 1.85. The maximum atomic E-state index is 9.06. The molecule has 0 saturated carbocycles. The molecule has 0 aromatic carbocycles. The predicted molar refractivity (Wildman–Crippen MR) is 81.0 cm³/mol. The van der Waals surface area contributed by atoms with Crippen LogP contribution in [0.3, 0.4) is 0 Å². The molecule has 0 fully saturated rings. The zero-order chi connectivity index (χ0) is 13.1. The molecule has 0 saturated heterocycles. The highest BCUT2D eigenvalue weighted by Gasteiger charge is 2.09. The Hall–Kier alpha value is -0.343. The van der Waals surface area contributed by atoms with Crippen LogP contribution in [0.4, 0.5) is 0 Å². The lowest BCUT2D eigenvalue weighted by atomic mass is 10.1. The van der Waals surface area contributed by atoms with Crippen LogP contribution in [-0.2, 0) is 0 Å². The van der Waals surface area contributed by atoms with E-state index in [1.165, 1.54) is 31.3 Å². The maximum Gasteiger partial charge on any atom is 0.0686 e. The van der Waals surface area contributed by atoms with Crippen LogP contribution < -0.4 is 0 Å². The van der Waals surface area contributed by atoms with Crippen LogP contribution in [0.1, 0.15) is 45.4 Å². The Bertz CT molecular complexity index is 236. The van der Waals surface area contributed by atoms with Gasteiger partial charge in [-0.2, -0.15) is 0 Å². The summed E-state index contributed by atoms with van der Waals surface area (Å²) in [6.07, 6.45) is 11.6. The van der Waals surface area contributed by atoms with Crippen molar-refractivity contribution in [1.29, 1.82) is 0 Å². The standard InChI is InChI=1S/C15H30OSi/c1-5-6-7-8-9-10-11-15(12-13-16)14-17(2,3)4/h9-10,14,16H,5-8,11-13H2,1-4H3/b10-9+,15-14+. The average molecular weight is 254 g/mol. The van der Waals surface area contributed by atoms with Crippen LogP contribution in [0, 0.1) is 0 Å². The van der Waals surface area contributed by atoms with Gasteiger partial charge in [0.2, 0.25) is 0 Å². The minimum absolute atomic E-state index is 0.278. The Morgan fingerprint density at radius 3 is 2.35 bits per heavy atom. The van der Waals surface area contributed by atoms with E-state index in [1.54, 1.807) is 0 Å². The van der Waals surface area contributed by atoms with Gasteiger partial charge in [-0.15, -0.1) is 0 Å². The minimum atomic E-state index is -1.15. The first-order valence-electron chi connectivity index (χ1n) is 6.96. The van der Waals surface area contributed by atoms with Gasteiger partial charge in [0.15, 0.2) is 0 Å². The lowest BCUT2D eigenvalue weighted by Gasteiger charge is -2.13. The van der Waals surface area contributed by atoms with Crippen molar-refractivity contribution in [2.45, 2.75) is 65.1 Å². The molecule has 100 valence electrons. The maximum absolute atomic E-state index is 9.06. The third-order valence-corrected chi connectivity index (χ3v) is 3.87. The van der Waals surface area contributed by atoms with Gasteiger partial charge in [-0.3, -0.25) is 0 Å². The van der Waals surface area contributed by atoms with E-state index in [4.69, 9.17) is 5.11 Å². The number of rotatable bonds is 9. The molecule has 0 atom stereocenters. The molecule has 0 amide bonds. The second-order valence-electron chi connectivity index (χ2n) is 5.81. The highest BCUT2D eigenvalue weighted by atomic mass is 28.3. The fourth-order valence-corrected chi connectivity index (χ4v) is 3.34. The lowest BCUT2D eigenvalue weighted by molar-refractivity contribution is 0.298. The SMILES string of the molecule is CCCCC/C=C/C/C(=C\[Si](C)(C)C)CCO. The first-order chi connectivity index (χ1) is 7.99. The van der Waals surface area contributed by atoms with E-state index < -0.39 is 8.07 Å². The van der Waals surface area contributed by atoms with Crippen molar-refractivity contribution in [2.24, 2.45) is 0 Å². The van der Waals surface area contributed by atoms with Gasteiger partial charge in [-0.1, -0.05) is 62.8 Å². The quantitative estimate of drug-likeness (QED) is 0.359. The average Bonchev–Trinajstić information content (AvgIpc) is 2.21. The predicted octanol–water partition coefficient (Wildman–Crippen LogP) is 4.70. The van der Waals surface area contributed by atoms with E-state index in [0.29, 0.717) is 0 Å². The molecule has 0 bridgehead atoms. The zero-order valence-electron chi connectivity index (χ0n) is 12.1. The van der Waals surface area contributed by atoms with Gasteiger partial charge >= 0.3 is 0 Å². The molecule has 17 heavy (non-hydrogen) atoms. The Labute approximate surface area is 109 Å². The molecule has 0 aliphatic carbocycles. The normalized spacial score (nSPS) is 13.6. The summed E-state index contributed by atoms with van der Waals surface area (Å²) in [5.74, 6) is 0. The lowest BCUT2D eigenvalue weighted by Crippen LogP contribution is -2.17. The number of aliphatic hydroxyl groups is 1. The highest BCUT2D eigenvalue weighted by molar-refractivity contribution is 6.81. The van der Waals surface area contributed by atoms with Crippen LogP contribution in [-0.4, -0.2) is 19.8 Å². The summed E-state index contributed by atoms with van der Waals surface area (Å²) in [6, 6.07) is 0. The molecule has 0 aromatic rings. The second kappa shape index (κ2) is 9.66. The number of hydrogen-bond donors (Lipinski definition) is 1. The smallest absolute Gasteiger partial charge is 0.0686 e. The molecule has 2 heteroatoms. The Morgan fingerprint density at radius 1 is 1.12 bits per heavy atom. The van der Waals surface area contributed by atoms with E-state index >= 15 is 0 Å². The molecule has 0 spiro atoms. The monoisotopic (exact) mass is 254 g/mol. The van der Waals surface area contributed by atoms with Gasteiger partial charge in [0, 0.05) is 6.61 Å². The summed E-state index contributed by atoms with van der Waals surface area (Å²) in [5.41, 5.74) is 3.85. The molecule has 0 aliphatic rings. The van der Waals surface area contributed by atoms with Crippen molar-refractivity contribution in [3.05, 3.63) is 23.4 Å². The van der Waals surface area contributed by atoms with E-state index in [1.807, 2.05) is 0 Å². The van der Waals surface area contributed by atoms with E-state index in [9.17, 15) is 0 Å². The highest BCUT2D eigenvalue weighted by Crippen LogP contribution is 2.14. The molecule has 1 N–H and O–H groups in total. The molecule has 0 heterocycles. The molecule has 0 aromatic heterocycles. The summed E-state index contributed by atoms with van der Waals surface area (Å²) in [5, 5.41) is 9.06. The van der Waals surface area contributed by atoms with E-state index in [2.05, 4.69) is 44.4 Å². The zero-order valence-corrected chi connectivity index (χ0v) is 13.1. The molecule has 0 unspecified atom stereocenters. The minimum Gasteiger partial charge on any atom is -0.396 e.